The molecule has 0 atom stereocenters. The first-order chi connectivity index (χ1) is 17.1. The predicted molar refractivity (Wildman–Crippen MR) is 138 cm³/mol. The highest BCUT2D eigenvalue weighted by atomic mass is 32.2. The minimum atomic E-state index is -3.40. The van der Waals surface area contributed by atoms with Crippen molar-refractivity contribution in [3.8, 4) is 17.0 Å². The van der Waals surface area contributed by atoms with E-state index in [1.807, 2.05) is 19.2 Å². The van der Waals surface area contributed by atoms with Crippen molar-refractivity contribution >= 4 is 43.9 Å². The van der Waals surface area contributed by atoms with Gasteiger partial charge in [-0.25, -0.2) is 13.4 Å². The number of hydrogen-bond donors (Lipinski definition) is 2. The Morgan fingerprint density at radius 2 is 1.94 bits per heavy atom. The molecule has 3 aromatic rings. The molecular weight excluding hydrogens is 504 g/mol. The zero-order valence-electron chi connectivity index (χ0n) is 20.4. The lowest BCUT2D eigenvalue weighted by molar-refractivity contribution is -0.142. The van der Waals surface area contributed by atoms with Gasteiger partial charge in [-0.3, -0.25) is 14.6 Å². The van der Waals surface area contributed by atoms with Crippen molar-refractivity contribution in [1.29, 1.82) is 0 Å². The fourth-order valence-electron chi connectivity index (χ4n) is 3.05. The Hall–Kier alpha value is -3.51. The number of carbonyl (C=O) groups excluding carboxylic acids is 2. The van der Waals surface area contributed by atoms with Crippen molar-refractivity contribution in [3.05, 3.63) is 47.6 Å². The average molecular weight is 533 g/mol. The van der Waals surface area contributed by atoms with Gasteiger partial charge >= 0.3 is 5.97 Å². The molecule has 0 saturated heterocycles. The van der Waals surface area contributed by atoms with E-state index in [0.717, 1.165) is 6.26 Å². The fraction of sp³-hybridized carbons (Fsp3) is 0.333. The third-order valence-corrected chi connectivity index (χ3v) is 6.57. The number of pyridine rings is 1. The molecule has 0 spiro atoms. The summed E-state index contributed by atoms with van der Waals surface area (Å²) < 4.78 is 34.7. The number of nitrogens with one attached hydrogen (secondary N) is 2. The predicted octanol–water partition coefficient (Wildman–Crippen LogP) is 3.82. The maximum Gasteiger partial charge on any atom is 0.307 e. The molecular formula is C24H28N4O6S2. The second-order valence-electron chi connectivity index (χ2n) is 8.00. The SMILES string of the molecule is CCOC(=O)CCNC(=O)c1ccc(-c2csc(Nc3cc(S(C)(=O)=O)ccc3OC(C)C)n2)cn1. The van der Waals surface area contributed by atoms with Gasteiger partial charge in [0, 0.05) is 29.9 Å². The third-order valence-electron chi connectivity index (χ3n) is 4.70. The van der Waals surface area contributed by atoms with Crippen LogP contribution in [-0.4, -0.2) is 55.8 Å². The molecule has 3 rings (SSSR count). The number of amides is 1. The monoisotopic (exact) mass is 532 g/mol. The number of aromatic nitrogens is 2. The summed E-state index contributed by atoms with van der Waals surface area (Å²) in [7, 11) is -3.40. The van der Waals surface area contributed by atoms with Crippen LogP contribution >= 0.6 is 11.3 Å². The van der Waals surface area contributed by atoms with Gasteiger partial charge in [0.1, 0.15) is 11.4 Å². The first-order valence-electron chi connectivity index (χ1n) is 11.2. The Balaban J connectivity index is 1.71. The minimum Gasteiger partial charge on any atom is -0.489 e. The first kappa shape index (κ1) is 27.1. The highest BCUT2D eigenvalue weighted by molar-refractivity contribution is 7.90. The van der Waals surface area contributed by atoms with Crippen LogP contribution in [0.25, 0.3) is 11.3 Å². The van der Waals surface area contributed by atoms with Crippen molar-refractivity contribution in [2.24, 2.45) is 0 Å². The molecule has 2 aromatic heterocycles. The van der Waals surface area contributed by atoms with Gasteiger partial charge in [0.15, 0.2) is 15.0 Å². The normalized spacial score (nSPS) is 11.2. The Labute approximate surface area is 214 Å². The third kappa shape index (κ3) is 7.49. The number of carbonyl (C=O) groups is 2. The minimum absolute atomic E-state index is 0.0866. The van der Waals surface area contributed by atoms with Crippen molar-refractivity contribution in [3.63, 3.8) is 0 Å². The van der Waals surface area contributed by atoms with Gasteiger partial charge in [0.2, 0.25) is 0 Å². The molecule has 36 heavy (non-hydrogen) atoms. The van der Waals surface area contributed by atoms with Gasteiger partial charge in [-0.05, 0) is 51.1 Å². The Morgan fingerprint density at radius 3 is 2.58 bits per heavy atom. The number of anilines is 2. The highest BCUT2D eigenvalue weighted by Crippen LogP contribution is 2.33. The molecule has 10 nitrogen and oxygen atoms in total. The standard InChI is InChI=1S/C24H28N4O6S2/c1-5-33-22(29)10-11-25-23(30)18-8-6-16(13-26-18)20-14-35-24(28-20)27-19-12-17(36(4,31)32)7-9-21(19)34-15(2)3/h6-9,12-15H,5,10-11H2,1-4H3,(H,25,30)(H,27,28). The number of ether oxygens (including phenoxy) is 2. The van der Waals surface area contributed by atoms with Gasteiger partial charge in [-0.1, -0.05) is 0 Å². The molecule has 0 saturated carbocycles. The van der Waals surface area contributed by atoms with Gasteiger partial charge in [-0.15, -0.1) is 11.3 Å². The zero-order valence-corrected chi connectivity index (χ0v) is 22.0. The van der Waals surface area contributed by atoms with Crippen molar-refractivity contribution in [1.82, 2.24) is 15.3 Å². The van der Waals surface area contributed by atoms with E-state index in [2.05, 4.69) is 20.6 Å². The molecule has 0 unspecified atom stereocenters. The average Bonchev–Trinajstić information content (AvgIpc) is 3.28. The van der Waals surface area contributed by atoms with E-state index in [4.69, 9.17) is 9.47 Å². The lowest BCUT2D eigenvalue weighted by atomic mass is 10.2. The fourth-order valence-corrected chi connectivity index (χ4v) is 4.43. The summed E-state index contributed by atoms with van der Waals surface area (Å²) in [5.41, 5.74) is 2.03. The van der Waals surface area contributed by atoms with Crippen LogP contribution in [0, 0.1) is 0 Å². The smallest absolute Gasteiger partial charge is 0.307 e. The highest BCUT2D eigenvalue weighted by Gasteiger charge is 2.15. The second-order valence-corrected chi connectivity index (χ2v) is 10.9. The van der Waals surface area contributed by atoms with Crippen molar-refractivity contribution in [2.75, 3.05) is 24.7 Å². The molecule has 2 N–H and O–H groups in total. The van der Waals surface area contributed by atoms with Crippen LogP contribution in [0.4, 0.5) is 10.8 Å². The van der Waals surface area contributed by atoms with Crippen LogP contribution in [0.5, 0.6) is 5.75 Å². The van der Waals surface area contributed by atoms with Crippen LogP contribution < -0.4 is 15.4 Å². The number of sulfone groups is 1. The first-order valence-corrected chi connectivity index (χ1v) is 14.0. The summed E-state index contributed by atoms with van der Waals surface area (Å²) in [5.74, 6) is -0.260. The number of hydrogen-bond acceptors (Lipinski definition) is 10. The molecule has 0 aliphatic heterocycles. The van der Waals surface area contributed by atoms with Crippen LogP contribution in [-0.2, 0) is 19.4 Å². The Morgan fingerprint density at radius 1 is 1.17 bits per heavy atom. The molecule has 0 aliphatic rings. The van der Waals surface area contributed by atoms with Crippen molar-refractivity contribution in [2.45, 2.75) is 38.2 Å². The number of esters is 1. The number of benzene rings is 1. The largest absolute Gasteiger partial charge is 0.489 e. The van der Waals surface area contributed by atoms with Crippen LogP contribution in [0.1, 0.15) is 37.7 Å². The maximum absolute atomic E-state index is 12.2. The summed E-state index contributed by atoms with van der Waals surface area (Å²) in [6, 6.07) is 7.94. The molecule has 2 heterocycles. The number of nitrogens with zero attached hydrogens (tertiary/aromatic N) is 2. The van der Waals surface area contributed by atoms with E-state index < -0.39 is 15.7 Å². The maximum atomic E-state index is 12.2. The van der Waals surface area contributed by atoms with E-state index in [1.165, 1.54) is 29.7 Å². The molecule has 0 aliphatic carbocycles. The Kier molecular flexibility index (Phi) is 8.99. The summed E-state index contributed by atoms with van der Waals surface area (Å²) in [4.78, 5) is 32.5. The van der Waals surface area contributed by atoms with E-state index in [0.29, 0.717) is 34.4 Å². The number of thiazole rings is 1. The van der Waals surface area contributed by atoms with E-state index in [-0.39, 0.29) is 35.6 Å². The number of rotatable bonds is 11. The lowest BCUT2D eigenvalue weighted by Gasteiger charge is -2.15. The topological polar surface area (TPSA) is 137 Å². The van der Waals surface area contributed by atoms with Crippen LogP contribution in [0.2, 0.25) is 0 Å². The van der Waals surface area contributed by atoms with Crippen LogP contribution in [0.3, 0.4) is 0 Å². The molecule has 1 amide bonds. The summed E-state index contributed by atoms with van der Waals surface area (Å²) in [6.07, 6.45) is 2.67. The quantitative estimate of drug-likeness (QED) is 0.353. The van der Waals surface area contributed by atoms with E-state index in [1.54, 1.807) is 25.1 Å². The molecule has 0 fully saturated rings. The summed E-state index contributed by atoms with van der Waals surface area (Å²) in [6.45, 7) is 5.94. The van der Waals surface area contributed by atoms with Gasteiger partial charge in [0.05, 0.1) is 35.4 Å². The zero-order chi connectivity index (χ0) is 26.3. The Bertz CT molecular complexity index is 1320. The van der Waals surface area contributed by atoms with Gasteiger partial charge < -0.3 is 20.1 Å². The molecule has 0 radical (unpaired) electrons. The lowest BCUT2D eigenvalue weighted by Crippen LogP contribution is -2.27. The van der Waals surface area contributed by atoms with Crippen LogP contribution in [0.15, 0.2) is 46.8 Å². The molecule has 0 bridgehead atoms. The van der Waals surface area contributed by atoms with Gasteiger partial charge in [-0.2, -0.15) is 0 Å². The van der Waals surface area contributed by atoms with E-state index >= 15 is 0 Å². The van der Waals surface area contributed by atoms with Crippen molar-refractivity contribution < 1.29 is 27.5 Å². The molecule has 12 heteroatoms. The van der Waals surface area contributed by atoms with Gasteiger partial charge in [0.25, 0.3) is 5.91 Å². The second kappa shape index (κ2) is 12.0. The summed E-state index contributed by atoms with van der Waals surface area (Å²) in [5, 5.41) is 8.13. The molecule has 1 aromatic carbocycles. The van der Waals surface area contributed by atoms with E-state index in [9.17, 15) is 18.0 Å². The summed E-state index contributed by atoms with van der Waals surface area (Å²) >= 11 is 1.33. The molecule has 192 valence electrons.